The predicted octanol–water partition coefficient (Wildman–Crippen LogP) is 3.60. The first-order valence-corrected chi connectivity index (χ1v) is 10.3. The molecule has 0 aliphatic carbocycles. The Hall–Kier alpha value is -2.44. The largest absolute Gasteiger partial charge is 0.485 e. The number of halogens is 1. The zero-order chi connectivity index (χ0) is 20.4. The standard InChI is InChI=1S/C22H25ClN2O4/c23-17-11-16(20-21(19(17)24)29-18(13-28-20)22(26)27)10-14-6-8-25(9-7-14)12-15-4-2-1-3-5-15/h1-5,11,14,18H,6-10,12-13,24H2,(H,26,27). The third kappa shape index (κ3) is 4.43. The molecule has 154 valence electrons. The minimum atomic E-state index is -1.08. The van der Waals surface area contributed by atoms with E-state index in [4.69, 9.17) is 26.8 Å². The summed E-state index contributed by atoms with van der Waals surface area (Å²) >= 11 is 6.29. The zero-order valence-corrected chi connectivity index (χ0v) is 16.9. The number of carbonyl (C=O) groups is 1. The van der Waals surface area contributed by atoms with Gasteiger partial charge in [0.2, 0.25) is 6.10 Å². The Balaban J connectivity index is 1.42. The number of fused-ring (bicyclic) bond motifs is 1. The van der Waals surface area contributed by atoms with Gasteiger partial charge in [0.1, 0.15) is 6.61 Å². The molecule has 2 aromatic rings. The van der Waals surface area contributed by atoms with E-state index in [0.29, 0.717) is 16.7 Å². The molecule has 0 amide bonds. The number of aliphatic carboxylic acids is 1. The van der Waals surface area contributed by atoms with Crippen LogP contribution < -0.4 is 15.2 Å². The lowest BCUT2D eigenvalue weighted by atomic mass is 9.89. The van der Waals surface area contributed by atoms with Crippen LogP contribution >= 0.6 is 11.6 Å². The molecular weight excluding hydrogens is 392 g/mol. The number of carboxylic acid groups (broad SMARTS) is 1. The number of nitrogens with zero attached hydrogens (tertiary/aromatic N) is 1. The Kier molecular flexibility index (Phi) is 5.83. The predicted molar refractivity (Wildman–Crippen MR) is 112 cm³/mol. The van der Waals surface area contributed by atoms with Crippen molar-refractivity contribution in [3.63, 3.8) is 0 Å². The van der Waals surface area contributed by atoms with Crippen molar-refractivity contribution in [1.29, 1.82) is 0 Å². The molecule has 0 radical (unpaired) electrons. The van der Waals surface area contributed by atoms with Crippen molar-refractivity contribution in [2.24, 2.45) is 5.92 Å². The Morgan fingerprint density at radius 1 is 1.21 bits per heavy atom. The Bertz CT molecular complexity index is 882. The Labute approximate surface area is 175 Å². The number of nitrogen functional groups attached to an aromatic ring is 1. The topological polar surface area (TPSA) is 85.0 Å². The molecule has 1 saturated heterocycles. The van der Waals surface area contributed by atoms with Gasteiger partial charge in [-0.25, -0.2) is 4.79 Å². The van der Waals surface area contributed by atoms with Gasteiger partial charge in [-0.1, -0.05) is 41.9 Å². The van der Waals surface area contributed by atoms with Crippen LogP contribution in [0.3, 0.4) is 0 Å². The SMILES string of the molecule is Nc1c(Cl)cc(CC2CCN(Cc3ccccc3)CC2)c2c1OC(C(=O)O)CO2. The van der Waals surface area contributed by atoms with Gasteiger partial charge in [0.15, 0.2) is 11.5 Å². The molecule has 4 rings (SSSR count). The van der Waals surface area contributed by atoms with Crippen molar-refractivity contribution >= 4 is 23.3 Å². The average Bonchev–Trinajstić information content (AvgIpc) is 2.73. The van der Waals surface area contributed by atoms with Crippen molar-refractivity contribution < 1.29 is 19.4 Å². The Morgan fingerprint density at radius 3 is 2.62 bits per heavy atom. The molecule has 29 heavy (non-hydrogen) atoms. The summed E-state index contributed by atoms with van der Waals surface area (Å²) in [5.41, 5.74) is 8.53. The fourth-order valence-electron chi connectivity index (χ4n) is 4.06. The number of ether oxygens (including phenoxy) is 2. The van der Waals surface area contributed by atoms with E-state index in [2.05, 4.69) is 29.2 Å². The molecule has 7 heteroatoms. The van der Waals surface area contributed by atoms with Crippen LogP contribution in [0.2, 0.25) is 5.02 Å². The highest BCUT2D eigenvalue weighted by molar-refractivity contribution is 6.33. The van der Waals surface area contributed by atoms with Crippen molar-refractivity contribution in [3.05, 3.63) is 52.5 Å². The highest BCUT2D eigenvalue weighted by Crippen LogP contribution is 2.45. The maximum Gasteiger partial charge on any atom is 0.348 e. The summed E-state index contributed by atoms with van der Waals surface area (Å²) in [5.74, 6) is 0.220. The fourth-order valence-corrected chi connectivity index (χ4v) is 4.28. The smallest absolute Gasteiger partial charge is 0.348 e. The second kappa shape index (κ2) is 8.51. The van der Waals surface area contributed by atoms with Crippen LogP contribution in [0.4, 0.5) is 5.69 Å². The normalized spacial score (nSPS) is 19.8. The average molecular weight is 417 g/mol. The minimum Gasteiger partial charge on any atom is -0.485 e. The van der Waals surface area contributed by atoms with E-state index < -0.39 is 12.1 Å². The minimum absolute atomic E-state index is 0.0358. The first kappa shape index (κ1) is 19.9. The van der Waals surface area contributed by atoms with Gasteiger partial charge in [0.25, 0.3) is 0 Å². The van der Waals surface area contributed by atoms with Gasteiger partial charge < -0.3 is 20.3 Å². The number of likely N-dealkylation sites (tertiary alicyclic amines) is 1. The maximum absolute atomic E-state index is 11.2. The third-order valence-electron chi connectivity index (χ3n) is 5.68. The monoisotopic (exact) mass is 416 g/mol. The first-order valence-electron chi connectivity index (χ1n) is 9.90. The van der Waals surface area contributed by atoms with E-state index >= 15 is 0 Å². The van der Waals surface area contributed by atoms with Crippen molar-refractivity contribution in [2.75, 3.05) is 25.4 Å². The number of anilines is 1. The van der Waals surface area contributed by atoms with Crippen LogP contribution in [-0.4, -0.2) is 41.8 Å². The van der Waals surface area contributed by atoms with Crippen molar-refractivity contribution in [3.8, 4) is 11.5 Å². The second-order valence-corrected chi connectivity index (χ2v) is 8.16. The number of carboxylic acids is 1. The van der Waals surface area contributed by atoms with Crippen LogP contribution in [0.5, 0.6) is 11.5 Å². The van der Waals surface area contributed by atoms with Crippen LogP contribution in [0, 0.1) is 5.92 Å². The quantitative estimate of drug-likeness (QED) is 0.724. The fraction of sp³-hybridized carbons (Fsp3) is 0.409. The van der Waals surface area contributed by atoms with Gasteiger partial charge in [-0.2, -0.15) is 0 Å². The van der Waals surface area contributed by atoms with Gasteiger partial charge >= 0.3 is 5.97 Å². The van der Waals surface area contributed by atoms with Crippen LogP contribution in [0.25, 0.3) is 0 Å². The summed E-state index contributed by atoms with van der Waals surface area (Å²) in [7, 11) is 0. The lowest BCUT2D eigenvalue weighted by Crippen LogP contribution is -2.37. The number of hydrogen-bond acceptors (Lipinski definition) is 5. The summed E-state index contributed by atoms with van der Waals surface area (Å²) < 4.78 is 11.3. The summed E-state index contributed by atoms with van der Waals surface area (Å²) in [4.78, 5) is 13.7. The molecule has 2 aromatic carbocycles. The van der Waals surface area contributed by atoms with E-state index in [-0.39, 0.29) is 18.0 Å². The molecule has 1 fully saturated rings. The van der Waals surface area contributed by atoms with Gasteiger partial charge in [0.05, 0.1) is 10.7 Å². The highest BCUT2D eigenvalue weighted by Gasteiger charge is 2.32. The molecular formula is C22H25ClN2O4. The number of benzene rings is 2. The number of hydrogen-bond donors (Lipinski definition) is 2. The Morgan fingerprint density at radius 2 is 1.93 bits per heavy atom. The van der Waals surface area contributed by atoms with Crippen molar-refractivity contribution in [2.45, 2.75) is 31.9 Å². The van der Waals surface area contributed by atoms with Gasteiger partial charge in [-0.3, -0.25) is 4.90 Å². The zero-order valence-electron chi connectivity index (χ0n) is 16.1. The third-order valence-corrected chi connectivity index (χ3v) is 5.99. The molecule has 3 N–H and O–H groups in total. The summed E-state index contributed by atoms with van der Waals surface area (Å²) in [6, 6.07) is 12.3. The van der Waals surface area contributed by atoms with Crippen LogP contribution in [0.1, 0.15) is 24.0 Å². The molecule has 2 aliphatic rings. The van der Waals surface area contributed by atoms with E-state index in [0.717, 1.165) is 44.5 Å². The second-order valence-electron chi connectivity index (χ2n) is 7.75. The van der Waals surface area contributed by atoms with E-state index in [1.165, 1.54) is 5.56 Å². The molecule has 1 unspecified atom stereocenters. The molecule has 0 aromatic heterocycles. The summed E-state index contributed by atoms with van der Waals surface area (Å²) in [6.07, 6.45) is 1.91. The molecule has 2 aliphatic heterocycles. The molecule has 0 spiro atoms. The number of rotatable bonds is 5. The maximum atomic E-state index is 11.2. The molecule has 0 bridgehead atoms. The van der Waals surface area contributed by atoms with Crippen molar-refractivity contribution in [1.82, 2.24) is 4.90 Å². The molecule has 0 saturated carbocycles. The van der Waals surface area contributed by atoms with Gasteiger partial charge in [-0.05, 0) is 55.5 Å². The molecule has 1 atom stereocenters. The number of nitrogens with two attached hydrogens (primary N) is 1. The first-order chi connectivity index (χ1) is 14.0. The van der Waals surface area contributed by atoms with E-state index in [1.807, 2.05) is 12.1 Å². The lowest BCUT2D eigenvalue weighted by molar-refractivity contribution is -0.147. The van der Waals surface area contributed by atoms with E-state index in [9.17, 15) is 9.90 Å². The van der Waals surface area contributed by atoms with Crippen LogP contribution in [0.15, 0.2) is 36.4 Å². The number of piperidine rings is 1. The van der Waals surface area contributed by atoms with Crippen LogP contribution in [-0.2, 0) is 17.8 Å². The lowest BCUT2D eigenvalue weighted by Gasteiger charge is -2.33. The van der Waals surface area contributed by atoms with Gasteiger partial charge in [-0.15, -0.1) is 0 Å². The summed E-state index contributed by atoms with van der Waals surface area (Å²) in [6.45, 7) is 3.03. The van der Waals surface area contributed by atoms with Gasteiger partial charge in [0, 0.05) is 6.54 Å². The molecule has 2 heterocycles. The summed E-state index contributed by atoms with van der Waals surface area (Å²) in [5, 5.41) is 9.57. The highest BCUT2D eigenvalue weighted by atomic mass is 35.5. The molecule has 6 nitrogen and oxygen atoms in total. The van der Waals surface area contributed by atoms with E-state index in [1.54, 1.807) is 0 Å².